The van der Waals surface area contributed by atoms with Gasteiger partial charge in [0.05, 0.1) is 0 Å². The van der Waals surface area contributed by atoms with Gasteiger partial charge in [0.25, 0.3) is 5.91 Å². The first-order valence-electron chi connectivity index (χ1n) is 7.07. The topological polar surface area (TPSA) is 38.3 Å². The first kappa shape index (κ1) is 15.1. The van der Waals surface area contributed by atoms with Gasteiger partial charge in [-0.2, -0.15) is 0 Å². The van der Waals surface area contributed by atoms with Gasteiger partial charge in [0.2, 0.25) is 0 Å². The third-order valence-electron chi connectivity index (χ3n) is 3.32. The van der Waals surface area contributed by atoms with Crippen LogP contribution in [0.3, 0.4) is 0 Å². The molecule has 0 radical (unpaired) electrons. The molecule has 0 saturated heterocycles. The van der Waals surface area contributed by atoms with Gasteiger partial charge in [0.1, 0.15) is 5.75 Å². The molecule has 0 aromatic heterocycles. The Balaban J connectivity index is 2.04. The van der Waals surface area contributed by atoms with Crippen molar-refractivity contribution in [1.82, 2.24) is 0 Å². The second kappa shape index (κ2) is 6.44. The molecule has 0 aliphatic heterocycles. The highest BCUT2D eigenvalue weighted by molar-refractivity contribution is 5.94. The van der Waals surface area contributed by atoms with Crippen LogP contribution in [-0.2, 0) is 4.79 Å². The van der Waals surface area contributed by atoms with E-state index in [4.69, 9.17) is 4.74 Å². The maximum Gasteiger partial charge on any atom is 0.265 e. The van der Waals surface area contributed by atoms with Crippen molar-refractivity contribution in [3.63, 3.8) is 0 Å². The lowest BCUT2D eigenvalue weighted by atomic mass is 10.1. The van der Waals surface area contributed by atoms with E-state index < -0.39 is 6.10 Å². The average Bonchev–Trinajstić information content (AvgIpc) is 2.43. The Bertz CT molecular complexity index is 649. The molecule has 1 amide bonds. The molecular weight excluding hydrogens is 262 g/mol. The van der Waals surface area contributed by atoms with Crippen molar-refractivity contribution in [3.05, 3.63) is 59.2 Å². The highest BCUT2D eigenvalue weighted by Gasteiger charge is 2.15. The molecule has 0 bridgehead atoms. The summed E-state index contributed by atoms with van der Waals surface area (Å²) in [7, 11) is 0. The summed E-state index contributed by atoms with van der Waals surface area (Å²) in [6, 6.07) is 13.7. The lowest BCUT2D eigenvalue weighted by Crippen LogP contribution is -2.30. The van der Waals surface area contributed by atoms with Crippen LogP contribution in [0.1, 0.15) is 23.6 Å². The van der Waals surface area contributed by atoms with Gasteiger partial charge < -0.3 is 10.1 Å². The smallest absolute Gasteiger partial charge is 0.265 e. The SMILES string of the molecule is Cc1cccc(O[C@@H](C)C(=O)Nc2cc(C)ccc2C)c1. The fourth-order valence-electron chi connectivity index (χ4n) is 2.05. The van der Waals surface area contributed by atoms with E-state index in [-0.39, 0.29) is 5.91 Å². The van der Waals surface area contributed by atoms with Crippen LogP contribution in [-0.4, -0.2) is 12.0 Å². The molecule has 1 N–H and O–H groups in total. The molecule has 0 aliphatic carbocycles. The van der Waals surface area contributed by atoms with Crippen molar-refractivity contribution < 1.29 is 9.53 Å². The van der Waals surface area contributed by atoms with E-state index in [9.17, 15) is 4.79 Å². The second-order valence-corrected chi connectivity index (χ2v) is 5.38. The minimum absolute atomic E-state index is 0.148. The van der Waals surface area contributed by atoms with Crippen LogP contribution >= 0.6 is 0 Å². The summed E-state index contributed by atoms with van der Waals surface area (Å²) in [5.41, 5.74) is 4.09. The maximum absolute atomic E-state index is 12.2. The van der Waals surface area contributed by atoms with E-state index in [1.165, 1.54) is 0 Å². The summed E-state index contributed by atoms with van der Waals surface area (Å²) in [6.45, 7) is 7.72. The number of nitrogens with one attached hydrogen (secondary N) is 1. The first-order chi connectivity index (χ1) is 9.95. The summed E-state index contributed by atoms with van der Waals surface area (Å²) in [4.78, 5) is 12.2. The van der Waals surface area contributed by atoms with Crippen LogP contribution < -0.4 is 10.1 Å². The molecule has 0 fully saturated rings. The number of ether oxygens (including phenoxy) is 1. The number of benzene rings is 2. The molecule has 110 valence electrons. The number of rotatable bonds is 4. The molecule has 2 aromatic carbocycles. The van der Waals surface area contributed by atoms with Crippen LogP contribution in [0.4, 0.5) is 5.69 Å². The standard InChI is InChI=1S/C18H21NO2/c1-12-6-5-7-16(10-12)21-15(4)18(20)19-17-11-13(2)8-9-14(17)3/h5-11,15H,1-4H3,(H,19,20)/t15-/m0/s1. The predicted molar refractivity (Wildman–Crippen MR) is 85.8 cm³/mol. The van der Waals surface area contributed by atoms with Crippen molar-refractivity contribution >= 4 is 11.6 Å². The number of aryl methyl sites for hydroxylation is 3. The molecule has 0 heterocycles. The first-order valence-corrected chi connectivity index (χ1v) is 7.07. The van der Waals surface area contributed by atoms with E-state index in [0.717, 1.165) is 22.4 Å². The molecule has 0 aliphatic rings. The Hall–Kier alpha value is -2.29. The lowest BCUT2D eigenvalue weighted by Gasteiger charge is -2.16. The van der Waals surface area contributed by atoms with E-state index in [1.54, 1.807) is 6.92 Å². The van der Waals surface area contributed by atoms with Gasteiger partial charge in [-0.05, 0) is 62.6 Å². The molecule has 2 aromatic rings. The summed E-state index contributed by atoms with van der Waals surface area (Å²) in [5.74, 6) is 0.559. The largest absolute Gasteiger partial charge is 0.481 e. The van der Waals surface area contributed by atoms with Gasteiger partial charge in [-0.1, -0.05) is 24.3 Å². The van der Waals surface area contributed by atoms with Crippen molar-refractivity contribution in [2.45, 2.75) is 33.8 Å². The highest BCUT2D eigenvalue weighted by Crippen LogP contribution is 2.18. The van der Waals surface area contributed by atoms with Crippen LogP contribution in [0.25, 0.3) is 0 Å². The van der Waals surface area contributed by atoms with E-state index in [1.807, 2.05) is 63.2 Å². The zero-order valence-electron chi connectivity index (χ0n) is 12.9. The van der Waals surface area contributed by atoms with Crippen LogP contribution in [0, 0.1) is 20.8 Å². The minimum Gasteiger partial charge on any atom is -0.481 e. The van der Waals surface area contributed by atoms with Crippen molar-refractivity contribution in [2.24, 2.45) is 0 Å². The zero-order chi connectivity index (χ0) is 15.4. The maximum atomic E-state index is 12.2. The molecule has 0 spiro atoms. The van der Waals surface area contributed by atoms with E-state index in [2.05, 4.69) is 5.32 Å². The molecule has 0 unspecified atom stereocenters. The van der Waals surface area contributed by atoms with Crippen LogP contribution in [0.15, 0.2) is 42.5 Å². The molecule has 3 nitrogen and oxygen atoms in total. The molecule has 21 heavy (non-hydrogen) atoms. The highest BCUT2D eigenvalue weighted by atomic mass is 16.5. The number of carbonyl (C=O) groups is 1. The molecule has 3 heteroatoms. The Kier molecular flexibility index (Phi) is 4.63. The van der Waals surface area contributed by atoms with E-state index in [0.29, 0.717) is 5.75 Å². The summed E-state index contributed by atoms with van der Waals surface area (Å²) < 4.78 is 5.69. The van der Waals surface area contributed by atoms with Crippen molar-refractivity contribution in [1.29, 1.82) is 0 Å². The normalized spacial score (nSPS) is 11.8. The molecule has 1 atom stereocenters. The number of carbonyl (C=O) groups excluding carboxylic acids is 1. The molecule has 2 rings (SSSR count). The minimum atomic E-state index is -0.549. The van der Waals surface area contributed by atoms with Crippen LogP contribution in [0.5, 0.6) is 5.75 Å². The molecule has 0 saturated carbocycles. The van der Waals surface area contributed by atoms with Gasteiger partial charge in [-0.25, -0.2) is 0 Å². The van der Waals surface area contributed by atoms with Gasteiger partial charge in [-0.3, -0.25) is 4.79 Å². The lowest BCUT2D eigenvalue weighted by molar-refractivity contribution is -0.122. The van der Waals surface area contributed by atoms with E-state index >= 15 is 0 Å². The monoisotopic (exact) mass is 283 g/mol. The summed E-state index contributed by atoms with van der Waals surface area (Å²) in [5, 5.41) is 2.92. The van der Waals surface area contributed by atoms with Crippen LogP contribution in [0.2, 0.25) is 0 Å². The third-order valence-corrected chi connectivity index (χ3v) is 3.32. The number of anilines is 1. The number of hydrogen-bond donors (Lipinski definition) is 1. The van der Waals surface area contributed by atoms with Crippen molar-refractivity contribution in [3.8, 4) is 5.75 Å². The fourth-order valence-corrected chi connectivity index (χ4v) is 2.05. The Morgan fingerprint density at radius 3 is 2.48 bits per heavy atom. The number of hydrogen-bond acceptors (Lipinski definition) is 2. The summed E-state index contributed by atoms with van der Waals surface area (Å²) in [6.07, 6.45) is -0.549. The average molecular weight is 283 g/mol. The Labute approximate surface area is 126 Å². The predicted octanol–water partition coefficient (Wildman–Crippen LogP) is 4.02. The quantitative estimate of drug-likeness (QED) is 0.920. The Morgan fingerprint density at radius 2 is 1.76 bits per heavy atom. The van der Waals surface area contributed by atoms with Gasteiger partial charge >= 0.3 is 0 Å². The summed E-state index contributed by atoms with van der Waals surface area (Å²) >= 11 is 0. The van der Waals surface area contributed by atoms with Crippen molar-refractivity contribution in [2.75, 3.05) is 5.32 Å². The second-order valence-electron chi connectivity index (χ2n) is 5.38. The number of amides is 1. The van der Waals surface area contributed by atoms with Gasteiger partial charge in [0, 0.05) is 5.69 Å². The van der Waals surface area contributed by atoms with Gasteiger partial charge in [0.15, 0.2) is 6.10 Å². The fraction of sp³-hybridized carbons (Fsp3) is 0.278. The third kappa shape index (κ3) is 4.09. The van der Waals surface area contributed by atoms with Gasteiger partial charge in [-0.15, -0.1) is 0 Å². The zero-order valence-corrected chi connectivity index (χ0v) is 12.9. The Morgan fingerprint density at radius 1 is 1.05 bits per heavy atom. The molecular formula is C18H21NO2.